The molecule has 1 aromatic heterocycles. The summed E-state index contributed by atoms with van der Waals surface area (Å²) in [5, 5.41) is 20.4. The van der Waals surface area contributed by atoms with E-state index in [9.17, 15) is 10.1 Å². The van der Waals surface area contributed by atoms with Gasteiger partial charge in [-0.1, -0.05) is 22.0 Å². The van der Waals surface area contributed by atoms with Crippen molar-refractivity contribution >= 4 is 27.5 Å². The molecule has 178 valence electrons. The molecule has 0 aliphatic carbocycles. The Hall–Kier alpha value is -4.17. The summed E-state index contributed by atoms with van der Waals surface area (Å²) in [7, 11) is 4.52. The number of amides is 1. The van der Waals surface area contributed by atoms with Gasteiger partial charge in [0.1, 0.15) is 17.1 Å². The number of halogens is 1. The van der Waals surface area contributed by atoms with Crippen molar-refractivity contribution < 1.29 is 23.7 Å². The molecular formula is C24H20BrN5O5. The molecule has 0 bridgehead atoms. The fourth-order valence-electron chi connectivity index (χ4n) is 4.74. The molecule has 3 aromatic rings. The third kappa shape index (κ3) is 2.86. The van der Waals surface area contributed by atoms with Crippen LogP contribution in [-0.4, -0.2) is 37.4 Å². The summed E-state index contributed by atoms with van der Waals surface area (Å²) in [5.41, 5.74) is 7.85. The summed E-state index contributed by atoms with van der Waals surface area (Å²) in [6.45, 7) is 1.90. The van der Waals surface area contributed by atoms with E-state index in [1.54, 1.807) is 18.2 Å². The van der Waals surface area contributed by atoms with Crippen molar-refractivity contribution in [2.75, 3.05) is 26.6 Å². The zero-order valence-corrected chi connectivity index (χ0v) is 20.8. The van der Waals surface area contributed by atoms with E-state index >= 15 is 0 Å². The van der Waals surface area contributed by atoms with Crippen molar-refractivity contribution in [3.05, 3.63) is 56.9 Å². The van der Waals surface area contributed by atoms with E-state index in [0.29, 0.717) is 49.8 Å². The highest BCUT2D eigenvalue weighted by Crippen LogP contribution is 2.58. The smallest absolute Gasteiger partial charge is 0.245 e. The first-order valence-electron chi connectivity index (χ1n) is 10.4. The van der Waals surface area contributed by atoms with Gasteiger partial charge in [-0.25, -0.2) is 0 Å². The molecule has 4 N–H and O–H groups in total. The first kappa shape index (κ1) is 22.6. The number of aromatic nitrogens is 2. The number of rotatable bonds is 4. The van der Waals surface area contributed by atoms with E-state index in [1.165, 1.54) is 21.3 Å². The number of anilines is 1. The fraction of sp³-hybridized carbons (Fsp3) is 0.208. The van der Waals surface area contributed by atoms with Gasteiger partial charge in [-0.05, 0) is 30.7 Å². The van der Waals surface area contributed by atoms with Gasteiger partial charge in [0.05, 0.1) is 32.6 Å². The van der Waals surface area contributed by atoms with Crippen LogP contribution in [0, 0.1) is 18.3 Å². The molecule has 0 unspecified atom stereocenters. The van der Waals surface area contributed by atoms with Crippen LogP contribution in [0.1, 0.15) is 16.7 Å². The number of carbonyl (C=O) groups is 1. The number of methoxy groups -OCH3 is 3. The molecule has 2 aliphatic rings. The number of nitrogens with two attached hydrogens (primary N) is 1. The number of carbonyl (C=O) groups excluding carboxylic acids is 1. The Balaban J connectivity index is 1.90. The van der Waals surface area contributed by atoms with Gasteiger partial charge in [0, 0.05) is 21.3 Å². The number of hydrogen-bond acceptors (Lipinski definition) is 8. The highest BCUT2D eigenvalue weighted by Gasteiger charge is 2.59. The van der Waals surface area contributed by atoms with E-state index < -0.39 is 11.3 Å². The Bertz CT molecular complexity index is 1460. The molecule has 0 fully saturated rings. The summed E-state index contributed by atoms with van der Waals surface area (Å²) in [5.74, 6) is 0.654. The highest BCUT2D eigenvalue weighted by atomic mass is 79.9. The molecule has 11 heteroatoms. The molecule has 35 heavy (non-hydrogen) atoms. The van der Waals surface area contributed by atoms with Crippen LogP contribution < -0.4 is 30.0 Å². The molecule has 10 nitrogen and oxygen atoms in total. The maximum Gasteiger partial charge on any atom is 0.245 e. The summed E-state index contributed by atoms with van der Waals surface area (Å²) >= 11 is 3.64. The third-order valence-electron chi connectivity index (χ3n) is 6.30. The molecule has 3 heterocycles. The van der Waals surface area contributed by atoms with Crippen molar-refractivity contribution in [1.29, 1.82) is 5.26 Å². The van der Waals surface area contributed by atoms with Crippen LogP contribution >= 0.6 is 15.9 Å². The van der Waals surface area contributed by atoms with Crippen molar-refractivity contribution in [1.82, 2.24) is 10.2 Å². The Kier molecular flexibility index (Phi) is 5.14. The average molecular weight is 538 g/mol. The number of aromatic amines is 1. The number of ether oxygens (including phenoxy) is 4. The van der Waals surface area contributed by atoms with Crippen LogP contribution in [0.2, 0.25) is 0 Å². The second-order valence-corrected chi connectivity index (χ2v) is 8.76. The summed E-state index contributed by atoms with van der Waals surface area (Å²) in [6.07, 6.45) is 0. The fourth-order valence-corrected chi connectivity index (χ4v) is 5.39. The lowest BCUT2D eigenvalue weighted by Gasteiger charge is -2.32. The molecular weight excluding hydrogens is 518 g/mol. The third-order valence-corrected chi connectivity index (χ3v) is 7.32. The van der Waals surface area contributed by atoms with Gasteiger partial charge in [-0.15, -0.1) is 5.10 Å². The first-order chi connectivity index (χ1) is 16.8. The number of benzene rings is 2. The number of aryl methyl sites for hydroxylation is 1. The lowest BCUT2D eigenvalue weighted by atomic mass is 9.68. The lowest BCUT2D eigenvalue weighted by molar-refractivity contribution is -0.118. The number of H-pyrrole nitrogens is 1. The first-order valence-corrected chi connectivity index (χ1v) is 11.2. The molecule has 2 aromatic carbocycles. The predicted octanol–water partition coefficient (Wildman–Crippen LogP) is 3.50. The number of nitriles is 1. The standard InChI is InChI=1S/C24H20BrN5O5/c1-10-5-6-13-16(18(10)25)24(23(31)28-13)12(9-26)21(27)35-22-17(24)19(29-30-22)11-7-14(32-2)20(34-4)15(8-11)33-3/h5-8H,27H2,1-4H3,(H,28,31)(H,29,30)/t24-/m0/s1. The number of nitrogens with one attached hydrogen (secondary N) is 2. The van der Waals surface area contributed by atoms with Gasteiger partial charge in [0.25, 0.3) is 0 Å². The minimum absolute atomic E-state index is 0.0392. The predicted molar refractivity (Wildman–Crippen MR) is 129 cm³/mol. The van der Waals surface area contributed by atoms with Gasteiger partial charge < -0.3 is 30.0 Å². The Morgan fingerprint density at radius 1 is 1.14 bits per heavy atom. The molecule has 0 saturated carbocycles. The van der Waals surface area contributed by atoms with E-state index in [-0.39, 0.29) is 17.3 Å². The maximum atomic E-state index is 13.8. The van der Waals surface area contributed by atoms with Crippen LogP contribution in [-0.2, 0) is 10.2 Å². The number of nitrogens with zero attached hydrogens (tertiary/aromatic N) is 2. The molecule has 5 rings (SSSR count). The largest absolute Gasteiger partial charge is 0.493 e. The van der Waals surface area contributed by atoms with Crippen LogP contribution in [0.25, 0.3) is 11.3 Å². The minimum atomic E-state index is -1.62. The zero-order chi connectivity index (χ0) is 25.1. The Labute approximate surface area is 208 Å². The lowest BCUT2D eigenvalue weighted by Crippen LogP contribution is -2.42. The topological polar surface area (TPSA) is 145 Å². The monoisotopic (exact) mass is 537 g/mol. The Morgan fingerprint density at radius 2 is 1.83 bits per heavy atom. The van der Waals surface area contributed by atoms with Crippen molar-refractivity contribution in [2.24, 2.45) is 5.73 Å². The van der Waals surface area contributed by atoms with Crippen LogP contribution in [0.4, 0.5) is 5.69 Å². The second-order valence-electron chi connectivity index (χ2n) is 7.97. The van der Waals surface area contributed by atoms with E-state index in [1.807, 2.05) is 13.0 Å². The molecule has 1 amide bonds. The van der Waals surface area contributed by atoms with Gasteiger partial charge in [-0.2, -0.15) is 5.26 Å². The minimum Gasteiger partial charge on any atom is -0.493 e. The molecule has 1 atom stereocenters. The maximum absolute atomic E-state index is 13.8. The van der Waals surface area contributed by atoms with Crippen molar-refractivity contribution in [2.45, 2.75) is 12.3 Å². The van der Waals surface area contributed by atoms with Gasteiger partial charge in [-0.3, -0.25) is 9.89 Å². The zero-order valence-electron chi connectivity index (χ0n) is 19.2. The normalized spacial score (nSPS) is 17.9. The van der Waals surface area contributed by atoms with Gasteiger partial charge in [0.15, 0.2) is 11.5 Å². The number of fused-ring (bicyclic) bond motifs is 4. The quantitative estimate of drug-likeness (QED) is 0.458. The van der Waals surface area contributed by atoms with Gasteiger partial charge in [0.2, 0.25) is 23.4 Å². The molecule has 0 saturated heterocycles. The summed E-state index contributed by atoms with van der Waals surface area (Å²) in [4.78, 5) is 13.8. The van der Waals surface area contributed by atoms with Crippen LogP contribution in [0.15, 0.2) is 40.2 Å². The van der Waals surface area contributed by atoms with Crippen LogP contribution in [0.5, 0.6) is 23.1 Å². The van der Waals surface area contributed by atoms with E-state index in [0.717, 1.165) is 5.56 Å². The van der Waals surface area contributed by atoms with Gasteiger partial charge >= 0.3 is 0 Å². The molecule has 2 aliphatic heterocycles. The second kappa shape index (κ2) is 7.95. The summed E-state index contributed by atoms with van der Waals surface area (Å²) < 4.78 is 22.9. The van der Waals surface area contributed by atoms with Crippen LogP contribution in [0.3, 0.4) is 0 Å². The Morgan fingerprint density at radius 3 is 2.43 bits per heavy atom. The van der Waals surface area contributed by atoms with E-state index in [4.69, 9.17) is 24.7 Å². The molecule has 0 radical (unpaired) electrons. The summed E-state index contributed by atoms with van der Waals surface area (Å²) in [6, 6.07) is 9.22. The van der Waals surface area contributed by atoms with Crippen molar-refractivity contribution in [3.8, 4) is 40.5 Å². The van der Waals surface area contributed by atoms with E-state index in [2.05, 4.69) is 37.5 Å². The average Bonchev–Trinajstić information content (AvgIpc) is 3.40. The number of hydrogen-bond donors (Lipinski definition) is 3. The highest BCUT2D eigenvalue weighted by molar-refractivity contribution is 9.10. The SMILES string of the molecule is COc1cc(-c2[nH]nc3c2[C@]2(C(=O)Nc4ccc(C)c(Br)c42)C(C#N)=C(N)O3)cc(OC)c1OC. The van der Waals surface area contributed by atoms with Crippen molar-refractivity contribution in [3.63, 3.8) is 0 Å². The molecule has 1 spiro atoms.